The molecule has 1 aliphatic rings. The van der Waals surface area contributed by atoms with E-state index in [0.717, 1.165) is 6.42 Å². The summed E-state index contributed by atoms with van der Waals surface area (Å²) in [7, 11) is -0.796. The van der Waals surface area contributed by atoms with E-state index in [4.69, 9.17) is 1.37 Å². The van der Waals surface area contributed by atoms with Gasteiger partial charge in [-0.05, 0) is 32.6 Å². The van der Waals surface area contributed by atoms with Crippen LogP contribution < -0.4 is 0 Å². The van der Waals surface area contributed by atoms with Crippen molar-refractivity contribution in [1.82, 2.24) is 0 Å². The van der Waals surface area contributed by atoms with Crippen molar-refractivity contribution in [2.45, 2.75) is 39.5 Å². The monoisotopic (exact) mass is 174 g/mol. The summed E-state index contributed by atoms with van der Waals surface area (Å²) < 4.78 is 8.11. The van der Waals surface area contributed by atoms with Crippen LogP contribution in [0.4, 0.5) is 0 Å². The van der Waals surface area contributed by atoms with Crippen LogP contribution in [0.1, 0.15) is 40.9 Å². The van der Waals surface area contributed by atoms with Crippen LogP contribution >= 0.6 is 7.26 Å². The lowest BCUT2D eigenvalue weighted by Crippen LogP contribution is -2.14. The summed E-state index contributed by atoms with van der Waals surface area (Å²) >= 11 is 0. The van der Waals surface area contributed by atoms with Crippen LogP contribution in [0.15, 0.2) is 0 Å². The van der Waals surface area contributed by atoms with Crippen LogP contribution in [0.25, 0.3) is 0 Å². The molecule has 1 heteroatoms. The van der Waals surface area contributed by atoms with Crippen LogP contribution in [0.3, 0.4) is 0 Å². The summed E-state index contributed by atoms with van der Waals surface area (Å²) in [5, 5.41) is 0. The van der Waals surface area contributed by atoms with Gasteiger partial charge in [-0.25, -0.2) is 0 Å². The fourth-order valence-electron chi connectivity index (χ4n) is 2.16. The summed E-state index contributed by atoms with van der Waals surface area (Å²) in [5.74, 6) is 0. The minimum atomic E-state index is -0.796. The average molecular weight is 174 g/mol. The standard InChI is InChI=1S/C10H22P/c1-3-8-11(4-2)9-6-5-7-10-11/h3-10H2,1-2H3/q+1/i8D. The third-order valence-corrected chi connectivity index (χ3v) is 7.72. The molecule has 1 saturated heterocycles. The van der Waals surface area contributed by atoms with Crippen molar-refractivity contribution >= 4 is 7.26 Å². The molecule has 0 aromatic rings. The van der Waals surface area contributed by atoms with Gasteiger partial charge in [-0.3, -0.25) is 0 Å². The maximum absolute atomic E-state index is 8.11. The van der Waals surface area contributed by atoms with E-state index < -0.39 is 7.26 Å². The van der Waals surface area contributed by atoms with Crippen LogP contribution in [0.5, 0.6) is 0 Å². The molecule has 11 heavy (non-hydrogen) atoms. The van der Waals surface area contributed by atoms with Gasteiger partial charge < -0.3 is 0 Å². The lowest BCUT2D eigenvalue weighted by atomic mass is 10.3. The van der Waals surface area contributed by atoms with Crippen molar-refractivity contribution < 1.29 is 1.37 Å². The lowest BCUT2D eigenvalue weighted by molar-refractivity contribution is 0.739. The Balaban J connectivity index is 2.59. The molecule has 1 aliphatic heterocycles. The molecule has 66 valence electrons. The third-order valence-electron chi connectivity index (χ3n) is 2.91. The molecule has 1 fully saturated rings. The Hall–Kier alpha value is 0.430. The van der Waals surface area contributed by atoms with Crippen molar-refractivity contribution in [3.63, 3.8) is 0 Å². The van der Waals surface area contributed by atoms with Gasteiger partial charge in [0.25, 0.3) is 0 Å². The van der Waals surface area contributed by atoms with E-state index in [1.165, 1.54) is 37.7 Å². The molecule has 1 heterocycles. The molecule has 0 radical (unpaired) electrons. The van der Waals surface area contributed by atoms with Crippen LogP contribution in [0.2, 0.25) is 0 Å². The van der Waals surface area contributed by atoms with E-state index in [2.05, 4.69) is 13.8 Å². The van der Waals surface area contributed by atoms with Crippen molar-refractivity contribution in [2.75, 3.05) is 24.6 Å². The smallest absolute Gasteiger partial charge is 0.0619 e. The van der Waals surface area contributed by atoms with Crippen molar-refractivity contribution in [3.8, 4) is 0 Å². The molecule has 1 atom stereocenters. The second-order valence-corrected chi connectivity index (χ2v) is 7.96. The number of rotatable bonds is 3. The highest BCUT2D eigenvalue weighted by Crippen LogP contribution is 2.62. The second kappa shape index (κ2) is 4.45. The zero-order chi connectivity index (χ0) is 9.03. The molecule has 0 aromatic carbocycles. The van der Waals surface area contributed by atoms with Gasteiger partial charge in [-0.15, -0.1) is 0 Å². The van der Waals surface area contributed by atoms with E-state index in [-0.39, 0.29) is 0 Å². The first-order valence-electron chi connectivity index (χ1n) is 5.61. The Morgan fingerprint density at radius 2 is 1.82 bits per heavy atom. The Labute approximate surface area is 73.5 Å². The van der Waals surface area contributed by atoms with Crippen LogP contribution in [0, 0.1) is 0 Å². The number of hydrogen-bond donors (Lipinski definition) is 0. The molecule has 0 amide bonds. The first kappa shape index (κ1) is 8.05. The highest BCUT2D eigenvalue weighted by molar-refractivity contribution is 7.75. The third kappa shape index (κ3) is 2.44. The fraction of sp³-hybridized carbons (Fsp3) is 1.00. The first-order chi connectivity index (χ1) is 5.75. The molecule has 0 nitrogen and oxygen atoms in total. The molecule has 0 spiro atoms. The van der Waals surface area contributed by atoms with Gasteiger partial charge in [0.15, 0.2) is 0 Å². The summed E-state index contributed by atoms with van der Waals surface area (Å²) in [5.41, 5.74) is 0. The molecule has 0 saturated carbocycles. The molecule has 1 rings (SSSR count). The summed E-state index contributed by atoms with van der Waals surface area (Å²) in [6.07, 6.45) is 9.82. The maximum atomic E-state index is 8.11. The summed E-state index contributed by atoms with van der Waals surface area (Å²) in [4.78, 5) is 0. The van der Waals surface area contributed by atoms with E-state index in [9.17, 15) is 0 Å². The summed E-state index contributed by atoms with van der Waals surface area (Å²) in [6.45, 7) is 4.50. The van der Waals surface area contributed by atoms with E-state index in [1.54, 1.807) is 0 Å². The highest BCUT2D eigenvalue weighted by Gasteiger charge is 2.35. The van der Waals surface area contributed by atoms with E-state index >= 15 is 0 Å². The predicted molar refractivity (Wildman–Crippen MR) is 56.2 cm³/mol. The largest absolute Gasteiger partial charge is 0.0708 e. The zero-order valence-corrected chi connectivity index (χ0v) is 8.87. The molecule has 0 aliphatic carbocycles. The number of hydrogen-bond acceptors (Lipinski definition) is 0. The van der Waals surface area contributed by atoms with E-state index in [1.807, 2.05) is 0 Å². The van der Waals surface area contributed by atoms with Gasteiger partial charge in [0, 0.05) is 7.26 Å². The van der Waals surface area contributed by atoms with Crippen molar-refractivity contribution in [3.05, 3.63) is 0 Å². The van der Waals surface area contributed by atoms with E-state index in [0.29, 0.717) is 6.14 Å². The second-order valence-electron chi connectivity index (χ2n) is 3.63. The van der Waals surface area contributed by atoms with Crippen molar-refractivity contribution in [2.24, 2.45) is 0 Å². The van der Waals surface area contributed by atoms with Crippen LogP contribution in [-0.2, 0) is 0 Å². The van der Waals surface area contributed by atoms with Gasteiger partial charge >= 0.3 is 0 Å². The lowest BCUT2D eigenvalue weighted by Gasteiger charge is -2.29. The average Bonchev–Trinajstić information content (AvgIpc) is 2.17. The molecule has 1 unspecified atom stereocenters. The Morgan fingerprint density at radius 1 is 1.18 bits per heavy atom. The van der Waals surface area contributed by atoms with Gasteiger partial charge in [0.2, 0.25) is 0 Å². The van der Waals surface area contributed by atoms with Crippen molar-refractivity contribution in [1.29, 1.82) is 0 Å². The normalized spacial score (nSPS) is 27.6. The molecule has 0 bridgehead atoms. The van der Waals surface area contributed by atoms with Crippen LogP contribution in [-0.4, -0.2) is 24.6 Å². The molecular weight excluding hydrogens is 151 g/mol. The Morgan fingerprint density at radius 3 is 2.27 bits per heavy atom. The molecule has 0 aromatic heterocycles. The van der Waals surface area contributed by atoms with Gasteiger partial charge in [-0.1, -0.05) is 6.92 Å². The Kier molecular flexibility index (Phi) is 3.26. The predicted octanol–water partition coefficient (Wildman–Crippen LogP) is 3.62. The minimum absolute atomic E-state index is 0.308. The van der Waals surface area contributed by atoms with Gasteiger partial charge in [-0.2, -0.15) is 0 Å². The highest BCUT2D eigenvalue weighted by atomic mass is 31.2. The zero-order valence-electron chi connectivity index (χ0n) is 8.97. The fourth-order valence-corrected chi connectivity index (χ4v) is 6.12. The Bertz CT molecular complexity index is 130. The molecule has 0 N–H and O–H groups in total. The van der Waals surface area contributed by atoms with Gasteiger partial charge in [0.05, 0.1) is 26.0 Å². The quantitative estimate of drug-likeness (QED) is 0.573. The molecular formula is C10H22P+. The topological polar surface area (TPSA) is 0 Å². The SMILES string of the molecule is [2H]C(CC)[P+]1(CC)CCCCC1. The first-order valence-corrected chi connectivity index (χ1v) is 7.44. The summed E-state index contributed by atoms with van der Waals surface area (Å²) in [6, 6.07) is 0. The van der Waals surface area contributed by atoms with Gasteiger partial charge in [0.1, 0.15) is 0 Å². The maximum Gasteiger partial charge on any atom is 0.0708 e. The minimum Gasteiger partial charge on any atom is -0.0619 e.